The second-order valence-corrected chi connectivity index (χ2v) is 5.61. The molecule has 1 N–H and O–H groups in total. The predicted molar refractivity (Wildman–Crippen MR) is 78.2 cm³/mol. The Morgan fingerprint density at radius 1 is 1.32 bits per heavy atom. The lowest BCUT2D eigenvalue weighted by Gasteiger charge is -2.30. The van der Waals surface area contributed by atoms with Gasteiger partial charge in [0.15, 0.2) is 0 Å². The maximum absolute atomic E-state index is 11.8. The molecule has 0 heterocycles. The van der Waals surface area contributed by atoms with E-state index in [0.717, 1.165) is 19.5 Å². The molecule has 1 fully saturated rings. The van der Waals surface area contributed by atoms with E-state index in [4.69, 9.17) is 4.74 Å². The van der Waals surface area contributed by atoms with Crippen molar-refractivity contribution < 1.29 is 9.53 Å². The normalized spacial score (nSPS) is 19.2. The smallest absolute Gasteiger partial charge is 0.324 e. The number of methoxy groups -OCH3 is 1. The average Bonchev–Trinajstić information content (AvgIpc) is 2.71. The zero-order valence-electron chi connectivity index (χ0n) is 12.8. The van der Waals surface area contributed by atoms with Crippen LogP contribution in [-0.2, 0) is 9.53 Å². The third-order valence-electron chi connectivity index (χ3n) is 4.05. The summed E-state index contributed by atoms with van der Waals surface area (Å²) in [6.07, 6.45) is 8.91. The lowest BCUT2D eigenvalue weighted by atomic mass is 10.1. The molecule has 0 aromatic heterocycles. The van der Waals surface area contributed by atoms with Gasteiger partial charge in [0.25, 0.3) is 0 Å². The molecule has 0 amide bonds. The monoisotopic (exact) mass is 270 g/mol. The third-order valence-corrected chi connectivity index (χ3v) is 4.05. The van der Waals surface area contributed by atoms with Crippen LogP contribution in [-0.4, -0.2) is 50.2 Å². The van der Waals surface area contributed by atoms with Crippen molar-refractivity contribution in [2.24, 2.45) is 0 Å². The predicted octanol–water partition coefficient (Wildman–Crippen LogP) is 2.18. The van der Waals surface area contributed by atoms with Crippen molar-refractivity contribution >= 4 is 5.97 Å². The molecule has 0 spiro atoms. The van der Waals surface area contributed by atoms with Crippen LogP contribution in [0.4, 0.5) is 0 Å². The van der Waals surface area contributed by atoms with Crippen molar-refractivity contribution in [1.29, 1.82) is 0 Å². The Labute approximate surface area is 117 Å². The SMILES string of the molecule is CCCNC(CN(C)C1CCCCCC1)C(=O)OC. The van der Waals surface area contributed by atoms with Crippen molar-refractivity contribution in [3.63, 3.8) is 0 Å². The molecule has 0 aliphatic heterocycles. The molecular weight excluding hydrogens is 240 g/mol. The van der Waals surface area contributed by atoms with E-state index in [-0.39, 0.29) is 12.0 Å². The fraction of sp³-hybridized carbons (Fsp3) is 0.933. The minimum absolute atomic E-state index is 0.145. The first kappa shape index (κ1) is 16.4. The number of hydrogen-bond acceptors (Lipinski definition) is 4. The Bertz CT molecular complexity index is 251. The van der Waals surface area contributed by atoms with Crippen molar-refractivity contribution in [2.45, 2.75) is 64.0 Å². The van der Waals surface area contributed by atoms with Crippen molar-refractivity contribution in [2.75, 3.05) is 27.2 Å². The van der Waals surface area contributed by atoms with Crippen LogP contribution in [0.15, 0.2) is 0 Å². The van der Waals surface area contributed by atoms with Gasteiger partial charge in [-0.1, -0.05) is 32.6 Å². The number of carbonyl (C=O) groups is 1. The van der Waals surface area contributed by atoms with Gasteiger partial charge in [-0.3, -0.25) is 4.79 Å². The molecule has 0 bridgehead atoms. The summed E-state index contributed by atoms with van der Waals surface area (Å²) in [4.78, 5) is 14.1. The highest BCUT2D eigenvalue weighted by Gasteiger charge is 2.24. The van der Waals surface area contributed by atoms with E-state index in [2.05, 4.69) is 24.2 Å². The number of carbonyl (C=O) groups excluding carboxylic acids is 1. The Morgan fingerprint density at radius 3 is 2.47 bits per heavy atom. The number of hydrogen-bond donors (Lipinski definition) is 1. The molecule has 112 valence electrons. The van der Waals surface area contributed by atoms with Crippen LogP contribution in [0.1, 0.15) is 51.9 Å². The van der Waals surface area contributed by atoms with Gasteiger partial charge in [-0.15, -0.1) is 0 Å². The molecule has 1 unspecified atom stereocenters. The summed E-state index contributed by atoms with van der Waals surface area (Å²) in [6.45, 7) is 3.71. The van der Waals surface area contributed by atoms with Crippen molar-refractivity contribution in [3.8, 4) is 0 Å². The van der Waals surface area contributed by atoms with E-state index in [1.807, 2.05) is 0 Å². The zero-order valence-corrected chi connectivity index (χ0v) is 12.8. The Kier molecular flexibility index (Phi) is 8.07. The topological polar surface area (TPSA) is 41.6 Å². The summed E-state index contributed by atoms with van der Waals surface area (Å²) in [5.74, 6) is -0.145. The van der Waals surface area contributed by atoms with Crippen LogP contribution >= 0.6 is 0 Å². The lowest BCUT2D eigenvalue weighted by Crippen LogP contribution is -2.48. The van der Waals surface area contributed by atoms with E-state index in [0.29, 0.717) is 6.04 Å². The van der Waals surface area contributed by atoms with Crippen LogP contribution in [0.5, 0.6) is 0 Å². The molecular formula is C15H30N2O2. The number of ether oxygens (including phenoxy) is 1. The van der Waals surface area contributed by atoms with Gasteiger partial charge in [-0.2, -0.15) is 0 Å². The molecule has 1 aliphatic carbocycles. The Morgan fingerprint density at radius 2 is 1.95 bits per heavy atom. The fourth-order valence-corrected chi connectivity index (χ4v) is 2.82. The standard InChI is InChI=1S/C15H30N2O2/c1-4-11-16-14(15(18)19-3)12-17(2)13-9-7-5-6-8-10-13/h13-14,16H,4-12H2,1-3H3. The average molecular weight is 270 g/mol. The van der Waals surface area contributed by atoms with Gasteiger partial charge >= 0.3 is 5.97 Å². The second-order valence-electron chi connectivity index (χ2n) is 5.61. The van der Waals surface area contributed by atoms with Crippen LogP contribution in [0, 0.1) is 0 Å². The molecule has 0 aromatic rings. The maximum Gasteiger partial charge on any atom is 0.324 e. The molecule has 0 aromatic carbocycles. The minimum Gasteiger partial charge on any atom is -0.468 e. The highest BCUT2D eigenvalue weighted by atomic mass is 16.5. The van der Waals surface area contributed by atoms with Gasteiger partial charge in [0.05, 0.1) is 7.11 Å². The molecule has 1 aliphatic rings. The van der Waals surface area contributed by atoms with Gasteiger partial charge in [0, 0.05) is 12.6 Å². The number of rotatable bonds is 7. The Balaban J connectivity index is 2.48. The number of nitrogens with zero attached hydrogens (tertiary/aromatic N) is 1. The van der Waals surface area contributed by atoms with Gasteiger partial charge in [0.2, 0.25) is 0 Å². The van der Waals surface area contributed by atoms with E-state index < -0.39 is 0 Å². The quantitative estimate of drug-likeness (QED) is 0.569. The molecule has 1 saturated carbocycles. The first-order valence-electron chi connectivity index (χ1n) is 7.70. The van der Waals surface area contributed by atoms with E-state index in [1.54, 1.807) is 0 Å². The van der Waals surface area contributed by atoms with E-state index in [1.165, 1.54) is 45.6 Å². The largest absolute Gasteiger partial charge is 0.468 e. The third kappa shape index (κ3) is 5.91. The van der Waals surface area contributed by atoms with Crippen molar-refractivity contribution in [1.82, 2.24) is 10.2 Å². The van der Waals surface area contributed by atoms with Gasteiger partial charge in [0.1, 0.15) is 6.04 Å². The zero-order chi connectivity index (χ0) is 14.1. The van der Waals surface area contributed by atoms with Gasteiger partial charge in [-0.05, 0) is 32.9 Å². The molecule has 19 heavy (non-hydrogen) atoms. The number of esters is 1. The molecule has 1 rings (SSSR count). The summed E-state index contributed by atoms with van der Waals surface area (Å²) in [7, 11) is 3.61. The number of nitrogens with one attached hydrogen (secondary N) is 1. The van der Waals surface area contributed by atoms with Gasteiger partial charge in [-0.25, -0.2) is 0 Å². The highest BCUT2D eigenvalue weighted by Crippen LogP contribution is 2.21. The first-order valence-corrected chi connectivity index (χ1v) is 7.70. The van der Waals surface area contributed by atoms with Crippen LogP contribution in [0.3, 0.4) is 0 Å². The van der Waals surface area contributed by atoms with Crippen LogP contribution in [0.25, 0.3) is 0 Å². The summed E-state index contributed by atoms with van der Waals surface area (Å²) >= 11 is 0. The summed E-state index contributed by atoms with van der Waals surface area (Å²) in [5, 5.41) is 3.29. The first-order chi connectivity index (χ1) is 9.19. The molecule has 4 nitrogen and oxygen atoms in total. The lowest BCUT2D eigenvalue weighted by molar-refractivity contribution is -0.143. The van der Waals surface area contributed by atoms with Crippen LogP contribution in [0.2, 0.25) is 0 Å². The van der Waals surface area contributed by atoms with E-state index >= 15 is 0 Å². The maximum atomic E-state index is 11.8. The summed E-state index contributed by atoms with van der Waals surface area (Å²) in [6, 6.07) is 0.427. The molecule has 0 radical (unpaired) electrons. The highest BCUT2D eigenvalue weighted by molar-refractivity contribution is 5.75. The molecule has 1 atom stereocenters. The summed E-state index contributed by atoms with van der Waals surface area (Å²) in [5.41, 5.74) is 0. The molecule has 0 saturated heterocycles. The van der Waals surface area contributed by atoms with Gasteiger partial charge < -0.3 is 15.0 Å². The van der Waals surface area contributed by atoms with E-state index in [9.17, 15) is 4.79 Å². The molecule has 4 heteroatoms. The fourth-order valence-electron chi connectivity index (χ4n) is 2.82. The number of likely N-dealkylation sites (N-methyl/N-ethyl adjacent to an activating group) is 1. The second kappa shape index (κ2) is 9.32. The summed E-state index contributed by atoms with van der Waals surface area (Å²) < 4.78 is 4.89. The minimum atomic E-state index is -0.196. The van der Waals surface area contributed by atoms with Crippen molar-refractivity contribution in [3.05, 3.63) is 0 Å². The van der Waals surface area contributed by atoms with Crippen LogP contribution < -0.4 is 5.32 Å². The Hall–Kier alpha value is -0.610.